The van der Waals surface area contributed by atoms with Crippen molar-refractivity contribution in [2.75, 3.05) is 5.43 Å². The van der Waals surface area contributed by atoms with E-state index in [1.165, 1.54) is 10.4 Å². The largest absolute Gasteiger partial charge is 0.346 e. The first-order valence-corrected chi connectivity index (χ1v) is 6.76. The van der Waals surface area contributed by atoms with Crippen LogP contribution in [0.15, 0.2) is 23.6 Å². The van der Waals surface area contributed by atoms with Crippen molar-refractivity contribution in [3.05, 3.63) is 39.7 Å². The fourth-order valence-corrected chi connectivity index (χ4v) is 2.53. The van der Waals surface area contributed by atoms with Gasteiger partial charge in [0.15, 0.2) is 11.5 Å². The van der Waals surface area contributed by atoms with Gasteiger partial charge in [0.2, 0.25) is 0 Å². The van der Waals surface area contributed by atoms with E-state index in [2.05, 4.69) is 33.9 Å². The predicted molar refractivity (Wildman–Crippen MR) is 74.7 cm³/mol. The summed E-state index contributed by atoms with van der Waals surface area (Å²) in [5, 5.41) is 12.4. The van der Waals surface area contributed by atoms with E-state index in [0.29, 0.717) is 12.4 Å². The number of nitrogens with two attached hydrogens (primary N) is 1. The molecule has 0 aliphatic carbocycles. The number of hydrazine groups is 1. The quantitative estimate of drug-likeness (QED) is 0.566. The molecule has 2 heterocycles. The third kappa shape index (κ3) is 3.27. The van der Waals surface area contributed by atoms with Gasteiger partial charge in [-0.3, -0.25) is 4.79 Å². The Hall–Kier alpha value is -1.99. The first-order chi connectivity index (χ1) is 9.24. The maximum Gasteiger partial charge on any atom is 0.272 e. The molecule has 0 bridgehead atoms. The van der Waals surface area contributed by atoms with Gasteiger partial charge in [-0.15, -0.1) is 21.5 Å². The SMILES string of the molecule is CCc1ccsc1CNC(=O)c1ccc(NN)nn1. The second-order valence-electron chi connectivity index (χ2n) is 3.85. The molecule has 7 heteroatoms. The monoisotopic (exact) mass is 277 g/mol. The van der Waals surface area contributed by atoms with Crippen LogP contribution in [0.2, 0.25) is 0 Å². The fourth-order valence-electron chi connectivity index (χ4n) is 1.62. The van der Waals surface area contributed by atoms with E-state index in [-0.39, 0.29) is 11.6 Å². The molecule has 6 nitrogen and oxygen atoms in total. The normalized spacial score (nSPS) is 10.2. The van der Waals surface area contributed by atoms with E-state index in [9.17, 15) is 4.79 Å². The molecule has 4 N–H and O–H groups in total. The number of thiophene rings is 1. The minimum Gasteiger partial charge on any atom is -0.346 e. The number of aryl methyl sites for hydroxylation is 1. The number of amides is 1. The van der Waals surface area contributed by atoms with Crippen LogP contribution in [-0.4, -0.2) is 16.1 Å². The summed E-state index contributed by atoms with van der Waals surface area (Å²) in [6, 6.07) is 5.25. The van der Waals surface area contributed by atoms with Crippen molar-refractivity contribution in [1.82, 2.24) is 15.5 Å². The van der Waals surface area contributed by atoms with E-state index < -0.39 is 0 Å². The molecule has 0 aromatic carbocycles. The topological polar surface area (TPSA) is 92.9 Å². The maximum atomic E-state index is 11.9. The Morgan fingerprint density at radius 2 is 2.21 bits per heavy atom. The number of rotatable bonds is 5. The van der Waals surface area contributed by atoms with Crippen molar-refractivity contribution in [3.8, 4) is 0 Å². The molecule has 0 unspecified atom stereocenters. The number of carbonyl (C=O) groups excluding carboxylic acids is 1. The van der Waals surface area contributed by atoms with Crippen LogP contribution < -0.4 is 16.6 Å². The molecule has 0 aliphatic heterocycles. The summed E-state index contributed by atoms with van der Waals surface area (Å²) < 4.78 is 0. The molecule has 19 heavy (non-hydrogen) atoms. The van der Waals surface area contributed by atoms with Crippen LogP contribution in [0.25, 0.3) is 0 Å². The predicted octanol–water partition coefficient (Wildman–Crippen LogP) is 1.32. The molecule has 2 aromatic heterocycles. The Balaban J connectivity index is 1.97. The molecular formula is C12H15N5OS. The van der Waals surface area contributed by atoms with E-state index >= 15 is 0 Å². The first-order valence-electron chi connectivity index (χ1n) is 5.88. The second kappa shape index (κ2) is 6.26. The Morgan fingerprint density at radius 3 is 2.84 bits per heavy atom. The summed E-state index contributed by atoms with van der Waals surface area (Å²) in [6.07, 6.45) is 0.964. The smallest absolute Gasteiger partial charge is 0.272 e. The molecule has 0 spiro atoms. The van der Waals surface area contributed by atoms with Gasteiger partial charge in [-0.25, -0.2) is 5.84 Å². The molecule has 0 atom stereocenters. The summed E-state index contributed by atoms with van der Waals surface area (Å²) in [7, 11) is 0. The number of hydrogen-bond acceptors (Lipinski definition) is 6. The standard InChI is InChI=1S/C12H15N5OS/c1-2-8-5-6-19-10(8)7-14-12(18)9-3-4-11(15-13)17-16-9/h3-6H,2,7,13H2,1H3,(H,14,18)(H,15,17). The van der Waals surface area contributed by atoms with E-state index in [0.717, 1.165) is 6.42 Å². The fraction of sp³-hybridized carbons (Fsp3) is 0.250. The number of hydrogen-bond donors (Lipinski definition) is 3. The third-order valence-electron chi connectivity index (χ3n) is 2.67. The Morgan fingerprint density at radius 1 is 1.37 bits per heavy atom. The zero-order chi connectivity index (χ0) is 13.7. The van der Waals surface area contributed by atoms with Gasteiger partial charge in [0.1, 0.15) is 0 Å². The van der Waals surface area contributed by atoms with Crippen LogP contribution in [0.5, 0.6) is 0 Å². The van der Waals surface area contributed by atoms with Crippen LogP contribution in [0.4, 0.5) is 5.82 Å². The van der Waals surface area contributed by atoms with Gasteiger partial charge < -0.3 is 10.7 Å². The van der Waals surface area contributed by atoms with E-state index in [1.54, 1.807) is 23.5 Å². The summed E-state index contributed by atoms with van der Waals surface area (Å²) in [4.78, 5) is 13.0. The van der Waals surface area contributed by atoms with E-state index in [1.807, 2.05) is 5.38 Å². The second-order valence-corrected chi connectivity index (χ2v) is 4.85. The third-order valence-corrected chi connectivity index (χ3v) is 3.64. The molecule has 0 saturated heterocycles. The Kier molecular flexibility index (Phi) is 4.43. The first kappa shape index (κ1) is 13.4. The molecule has 0 saturated carbocycles. The zero-order valence-corrected chi connectivity index (χ0v) is 11.3. The summed E-state index contributed by atoms with van der Waals surface area (Å²) in [5.74, 6) is 5.35. The van der Waals surface area contributed by atoms with Gasteiger partial charge in [0, 0.05) is 4.88 Å². The van der Waals surface area contributed by atoms with Gasteiger partial charge >= 0.3 is 0 Å². The average molecular weight is 277 g/mol. The van der Waals surface area contributed by atoms with Gasteiger partial charge in [0.05, 0.1) is 6.54 Å². The van der Waals surface area contributed by atoms with Crippen molar-refractivity contribution in [2.24, 2.45) is 5.84 Å². The lowest BCUT2D eigenvalue weighted by Crippen LogP contribution is -2.24. The summed E-state index contributed by atoms with van der Waals surface area (Å²) in [5.41, 5.74) is 3.89. The van der Waals surface area contributed by atoms with Crippen molar-refractivity contribution in [3.63, 3.8) is 0 Å². The molecular weight excluding hydrogens is 262 g/mol. The number of nitrogen functional groups attached to an aromatic ring is 1. The van der Waals surface area contributed by atoms with Crippen LogP contribution in [0.1, 0.15) is 27.9 Å². The Bertz CT molecular complexity index is 552. The van der Waals surface area contributed by atoms with Crippen molar-refractivity contribution in [2.45, 2.75) is 19.9 Å². The van der Waals surface area contributed by atoms with Crippen molar-refractivity contribution >= 4 is 23.1 Å². The minimum absolute atomic E-state index is 0.244. The van der Waals surface area contributed by atoms with Crippen LogP contribution in [0, 0.1) is 0 Å². The van der Waals surface area contributed by atoms with Gasteiger partial charge in [-0.2, -0.15) is 0 Å². The summed E-state index contributed by atoms with van der Waals surface area (Å²) >= 11 is 1.64. The molecule has 100 valence electrons. The highest BCUT2D eigenvalue weighted by atomic mass is 32.1. The van der Waals surface area contributed by atoms with E-state index in [4.69, 9.17) is 5.84 Å². The average Bonchev–Trinajstić information content (AvgIpc) is 2.92. The molecule has 0 fully saturated rings. The van der Waals surface area contributed by atoms with Gasteiger partial charge in [-0.05, 0) is 35.6 Å². The van der Waals surface area contributed by atoms with Crippen LogP contribution >= 0.6 is 11.3 Å². The minimum atomic E-state index is -0.244. The molecule has 2 rings (SSSR count). The highest BCUT2D eigenvalue weighted by molar-refractivity contribution is 7.10. The number of aromatic nitrogens is 2. The van der Waals surface area contributed by atoms with Crippen LogP contribution in [-0.2, 0) is 13.0 Å². The zero-order valence-electron chi connectivity index (χ0n) is 10.5. The number of nitrogens with zero attached hydrogens (tertiary/aromatic N) is 2. The lowest BCUT2D eigenvalue weighted by molar-refractivity contribution is 0.0945. The van der Waals surface area contributed by atoms with Gasteiger partial charge in [-0.1, -0.05) is 6.92 Å². The van der Waals surface area contributed by atoms with Crippen molar-refractivity contribution in [1.29, 1.82) is 0 Å². The number of carbonyl (C=O) groups is 1. The lowest BCUT2D eigenvalue weighted by Gasteiger charge is -2.05. The number of anilines is 1. The van der Waals surface area contributed by atoms with Gasteiger partial charge in [0.25, 0.3) is 5.91 Å². The summed E-state index contributed by atoms with van der Waals surface area (Å²) in [6.45, 7) is 2.61. The highest BCUT2D eigenvalue weighted by Crippen LogP contribution is 2.17. The molecule has 0 aliphatic rings. The molecule has 1 amide bonds. The van der Waals surface area contributed by atoms with Crippen molar-refractivity contribution < 1.29 is 4.79 Å². The van der Waals surface area contributed by atoms with Crippen LogP contribution in [0.3, 0.4) is 0 Å². The Labute approximate surface area is 115 Å². The number of nitrogens with one attached hydrogen (secondary N) is 2. The highest BCUT2D eigenvalue weighted by Gasteiger charge is 2.09. The molecule has 2 aromatic rings. The lowest BCUT2D eigenvalue weighted by atomic mass is 10.2. The maximum absolute atomic E-state index is 11.9. The molecule has 0 radical (unpaired) electrons.